The van der Waals surface area contributed by atoms with E-state index in [9.17, 15) is 4.79 Å². The van der Waals surface area contributed by atoms with Crippen LogP contribution in [0.2, 0.25) is 0 Å². The van der Waals surface area contributed by atoms with E-state index in [2.05, 4.69) is 22.9 Å². The Morgan fingerprint density at radius 1 is 1.18 bits per heavy atom. The van der Waals surface area contributed by atoms with Gasteiger partial charge in [-0.1, -0.05) is 6.07 Å². The van der Waals surface area contributed by atoms with Gasteiger partial charge in [0.05, 0.1) is 12.2 Å². The van der Waals surface area contributed by atoms with E-state index in [1.165, 1.54) is 0 Å². The summed E-state index contributed by atoms with van der Waals surface area (Å²) in [7, 11) is 0. The summed E-state index contributed by atoms with van der Waals surface area (Å²) in [6, 6.07) is 12.7. The van der Waals surface area contributed by atoms with E-state index in [1.807, 2.05) is 18.2 Å². The van der Waals surface area contributed by atoms with Crippen LogP contribution in [0.4, 0.5) is 0 Å². The zero-order chi connectivity index (χ0) is 12.1. The second-order valence-corrected chi connectivity index (χ2v) is 4.07. The number of rotatable bonds is 3. The van der Waals surface area contributed by atoms with Gasteiger partial charge in [-0.3, -0.25) is 9.78 Å². The van der Waals surface area contributed by atoms with Gasteiger partial charge in [0.2, 0.25) is 0 Å². The van der Waals surface area contributed by atoms with Crippen LogP contribution in [0.1, 0.15) is 16.1 Å². The molecule has 3 nitrogen and oxygen atoms in total. The molecule has 2 rings (SSSR count). The number of hydrogen-bond acceptors (Lipinski definition) is 3. The summed E-state index contributed by atoms with van der Waals surface area (Å²) in [6.07, 6.45) is 1.71. The van der Waals surface area contributed by atoms with Gasteiger partial charge < -0.3 is 5.32 Å². The first-order chi connectivity index (χ1) is 8.25. The number of aromatic nitrogens is 1. The lowest BCUT2D eigenvalue weighted by atomic mass is 10.2. The van der Waals surface area contributed by atoms with Crippen LogP contribution in [0, 0.1) is 0 Å². The number of amides is 1. The van der Waals surface area contributed by atoms with Gasteiger partial charge in [-0.25, -0.2) is 0 Å². The van der Waals surface area contributed by atoms with Crippen molar-refractivity contribution in [3.05, 3.63) is 59.9 Å². The number of hydrogen-bond donors (Lipinski definition) is 2. The standard InChI is InChI=1S/C13H12N2OS/c16-13(10-4-6-12(17)7-5-10)15-9-11-3-1-2-8-14-11/h1-8,17H,9H2,(H,15,16). The van der Waals surface area contributed by atoms with Gasteiger partial charge in [-0.2, -0.15) is 0 Å². The average molecular weight is 244 g/mol. The first-order valence-corrected chi connectivity index (χ1v) is 5.67. The molecule has 0 atom stereocenters. The van der Waals surface area contributed by atoms with Crippen LogP contribution in [0.25, 0.3) is 0 Å². The predicted octanol–water partition coefficient (Wildman–Crippen LogP) is 2.30. The monoisotopic (exact) mass is 244 g/mol. The van der Waals surface area contributed by atoms with Crippen LogP contribution in [0.3, 0.4) is 0 Å². The predicted molar refractivity (Wildman–Crippen MR) is 69.1 cm³/mol. The van der Waals surface area contributed by atoms with E-state index in [1.54, 1.807) is 30.5 Å². The number of benzene rings is 1. The number of carbonyl (C=O) groups is 1. The lowest BCUT2D eigenvalue weighted by molar-refractivity contribution is 0.0950. The smallest absolute Gasteiger partial charge is 0.251 e. The Kier molecular flexibility index (Phi) is 3.77. The molecule has 0 spiro atoms. The molecule has 0 aliphatic heterocycles. The van der Waals surface area contributed by atoms with Gasteiger partial charge in [0.25, 0.3) is 5.91 Å². The first-order valence-electron chi connectivity index (χ1n) is 5.23. The van der Waals surface area contributed by atoms with E-state index in [0.29, 0.717) is 12.1 Å². The fourth-order valence-electron chi connectivity index (χ4n) is 1.39. The molecule has 1 aromatic heterocycles. The highest BCUT2D eigenvalue weighted by Crippen LogP contribution is 2.07. The number of carbonyl (C=O) groups excluding carboxylic acids is 1. The van der Waals surface area contributed by atoms with Crippen molar-refractivity contribution in [2.24, 2.45) is 0 Å². The number of nitrogens with one attached hydrogen (secondary N) is 1. The Morgan fingerprint density at radius 3 is 2.59 bits per heavy atom. The molecule has 0 unspecified atom stereocenters. The Bertz CT molecular complexity index is 497. The summed E-state index contributed by atoms with van der Waals surface area (Å²) in [5.74, 6) is -0.107. The second-order valence-electron chi connectivity index (χ2n) is 3.55. The normalized spacial score (nSPS) is 9.94. The van der Waals surface area contributed by atoms with Crippen molar-refractivity contribution in [1.82, 2.24) is 10.3 Å². The maximum Gasteiger partial charge on any atom is 0.251 e. The van der Waals surface area contributed by atoms with Crippen LogP contribution >= 0.6 is 12.6 Å². The van der Waals surface area contributed by atoms with Crippen LogP contribution in [0.15, 0.2) is 53.6 Å². The lowest BCUT2D eigenvalue weighted by Crippen LogP contribution is -2.23. The van der Waals surface area contributed by atoms with Crippen LogP contribution < -0.4 is 5.32 Å². The molecule has 4 heteroatoms. The largest absolute Gasteiger partial charge is 0.346 e. The molecule has 0 saturated carbocycles. The minimum Gasteiger partial charge on any atom is -0.346 e. The van der Waals surface area contributed by atoms with E-state index >= 15 is 0 Å². The maximum absolute atomic E-state index is 11.8. The summed E-state index contributed by atoms with van der Waals surface area (Å²) >= 11 is 4.17. The molecule has 1 heterocycles. The molecule has 0 bridgehead atoms. The third kappa shape index (κ3) is 3.32. The van der Waals surface area contributed by atoms with E-state index in [-0.39, 0.29) is 5.91 Å². The zero-order valence-corrected chi connectivity index (χ0v) is 10.0. The number of nitrogens with zero attached hydrogens (tertiary/aromatic N) is 1. The second kappa shape index (κ2) is 5.50. The van der Waals surface area contributed by atoms with E-state index in [0.717, 1.165) is 10.6 Å². The Labute approximate surface area is 105 Å². The maximum atomic E-state index is 11.8. The minimum absolute atomic E-state index is 0.107. The van der Waals surface area contributed by atoms with Crippen molar-refractivity contribution >= 4 is 18.5 Å². The van der Waals surface area contributed by atoms with Crippen molar-refractivity contribution < 1.29 is 4.79 Å². The van der Waals surface area contributed by atoms with Crippen LogP contribution in [-0.4, -0.2) is 10.9 Å². The third-order valence-corrected chi connectivity index (χ3v) is 2.58. The molecule has 1 aromatic carbocycles. The number of pyridine rings is 1. The minimum atomic E-state index is -0.107. The Hall–Kier alpha value is -1.81. The average Bonchev–Trinajstić information content (AvgIpc) is 2.38. The van der Waals surface area contributed by atoms with Crippen LogP contribution in [-0.2, 0) is 6.54 Å². The fourth-order valence-corrected chi connectivity index (χ4v) is 1.54. The molecular formula is C13H12N2OS. The van der Waals surface area contributed by atoms with Crippen molar-refractivity contribution in [3.8, 4) is 0 Å². The Balaban J connectivity index is 1.96. The molecule has 86 valence electrons. The quantitative estimate of drug-likeness (QED) is 0.813. The molecule has 1 N–H and O–H groups in total. The summed E-state index contributed by atoms with van der Waals surface area (Å²) < 4.78 is 0. The topological polar surface area (TPSA) is 42.0 Å². The molecule has 1 amide bonds. The zero-order valence-electron chi connectivity index (χ0n) is 9.13. The van der Waals surface area contributed by atoms with Crippen molar-refractivity contribution in [2.75, 3.05) is 0 Å². The van der Waals surface area contributed by atoms with E-state index in [4.69, 9.17) is 0 Å². The Morgan fingerprint density at radius 2 is 1.94 bits per heavy atom. The molecule has 2 aromatic rings. The van der Waals surface area contributed by atoms with Gasteiger partial charge >= 0.3 is 0 Å². The van der Waals surface area contributed by atoms with Gasteiger partial charge in [-0.05, 0) is 36.4 Å². The SMILES string of the molecule is O=C(NCc1ccccn1)c1ccc(S)cc1. The van der Waals surface area contributed by atoms with E-state index < -0.39 is 0 Å². The fraction of sp³-hybridized carbons (Fsp3) is 0.0769. The summed E-state index contributed by atoms with van der Waals surface area (Å²) in [5.41, 5.74) is 1.46. The summed E-state index contributed by atoms with van der Waals surface area (Å²) in [4.78, 5) is 16.7. The van der Waals surface area contributed by atoms with Gasteiger partial charge in [0, 0.05) is 16.7 Å². The first kappa shape index (κ1) is 11.7. The summed E-state index contributed by atoms with van der Waals surface area (Å²) in [6.45, 7) is 0.433. The molecular weight excluding hydrogens is 232 g/mol. The summed E-state index contributed by atoms with van der Waals surface area (Å²) in [5, 5.41) is 2.81. The van der Waals surface area contributed by atoms with Gasteiger partial charge in [0.1, 0.15) is 0 Å². The number of thiol groups is 1. The van der Waals surface area contributed by atoms with Gasteiger partial charge in [0.15, 0.2) is 0 Å². The lowest BCUT2D eigenvalue weighted by Gasteiger charge is -2.04. The van der Waals surface area contributed by atoms with Gasteiger partial charge in [-0.15, -0.1) is 12.6 Å². The molecule has 0 aliphatic carbocycles. The molecule has 0 saturated heterocycles. The highest BCUT2D eigenvalue weighted by atomic mass is 32.1. The molecule has 0 aliphatic rings. The third-order valence-electron chi connectivity index (χ3n) is 2.29. The molecule has 17 heavy (non-hydrogen) atoms. The highest BCUT2D eigenvalue weighted by Gasteiger charge is 2.04. The van der Waals surface area contributed by atoms with Crippen molar-refractivity contribution in [3.63, 3.8) is 0 Å². The van der Waals surface area contributed by atoms with Crippen molar-refractivity contribution in [1.29, 1.82) is 0 Å². The molecule has 0 radical (unpaired) electrons. The molecule has 0 fully saturated rings. The van der Waals surface area contributed by atoms with Crippen molar-refractivity contribution in [2.45, 2.75) is 11.4 Å². The van der Waals surface area contributed by atoms with Crippen LogP contribution in [0.5, 0.6) is 0 Å². The highest BCUT2D eigenvalue weighted by molar-refractivity contribution is 7.80.